The molecule has 2 heteroatoms. The predicted molar refractivity (Wildman–Crippen MR) is 181 cm³/mol. The van der Waals surface area contributed by atoms with Crippen molar-refractivity contribution in [2.24, 2.45) is 0 Å². The predicted octanol–water partition coefficient (Wildman–Crippen LogP) is 10.7. The van der Waals surface area contributed by atoms with Gasteiger partial charge in [-0.3, -0.25) is 0 Å². The summed E-state index contributed by atoms with van der Waals surface area (Å²) in [5.41, 5.74) is 14.0. The fourth-order valence-electron chi connectivity index (χ4n) is 7.41. The van der Waals surface area contributed by atoms with Gasteiger partial charge in [-0.1, -0.05) is 98.8 Å². The maximum Gasteiger partial charge on any atom is 0.0547 e. The second kappa shape index (κ2) is 8.83. The van der Waals surface area contributed by atoms with Crippen molar-refractivity contribution in [2.45, 2.75) is 19.3 Å². The number of benzene rings is 6. The second-order valence-corrected chi connectivity index (χ2v) is 12.3. The van der Waals surface area contributed by atoms with E-state index in [1.807, 2.05) is 0 Å². The molecule has 204 valence electrons. The van der Waals surface area contributed by atoms with E-state index in [1.165, 1.54) is 77.5 Å². The summed E-state index contributed by atoms with van der Waals surface area (Å²) in [4.78, 5) is 0. The molecule has 0 saturated carbocycles. The van der Waals surface area contributed by atoms with Gasteiger partial charge in [0, 0.05) is 39.1 Å². The van der Waals surface area contributed by atoms with Crippen LogP contribution in [0.3, 0.4) is 0 Å². The lowest BCUT2D eigenvalue weighted by atomic mass is 9.82. The van der Waals surface area contributed by atoms with E-state index in [0.29, 0.717) is 0 Å². The molecular formula is C41H30N2. The van der Waals surface area contributed by atoms with Crippen molar-refractivity contribution in [3.8, 4) is 33.6 Å². The molecule has 0 unspecified atom stereocenters. The summed E-state index contributed by atoms with van der Waals surface area (Å²) < 4.78 is 4.71. The largest absolute Gasteiger partial charge is 0.317 e. The Balaban J connectivity index is 1.16. The van der Waals surface area contributed by atoms with E-state index in [9.17, 15) is 0 Å². The summed E-state index contributed by atoms with van der Waals surface area (Å²) in [5.74, 6) is 0. The van der Waals surface area contributed by atoms with Gasteiger partial charge < -0.3 is 9.13 Å². The molecular weight excluding hydrogens is 520 g/mol. The molecule has 0 aliphatic heterocycles. The molecule has 0 bridgehead atoms. The Bertz CT molecular complexity index is 2370. The number of hydrogen-bond donors (Lipinski definition) is 0. The minimum atomic E-state index is 0.0193. The number of nitrogens with zero attached hydrogens (tertiary/aromatic N) is 2. The molecule has 9 rings (SSSR count). The van der Waals surface area contributed by atoms with Crippen LogP contribution in [0.1, 0.15) is 25.0 Å². The standard InChI is InChI=1S/C41H30N2/c1-41(2)36-14-8-6-12-32(36)35-26-31(18-20-37(35)41)42-23-22-29-24-27(17-21-38(29)42)28-16-19-34-33-13-7-9-15-39(33)43(40(34)25-28)30-10-4-3-5-11-30/h3-26H,1-2H3. The third-order valence-corrected chi connectivity index (χ3v) is 9.56. The van der Waals surface area contributed by atoms with Crippen molar-refractivity contribution in [2.75, 3.05) is 0 Å². The minimum absolute atomic E-state index is 0.0193. The van der Waals surface area contributed by atoms with Crippen molar-refractivity contribution in [3.63, 3.8) is 0 Å². The first-order valence-corrected chi connectivity index (χ1v) is 15.0. The molecule has 1 aliphatic carbocycles. The van der Waals surface area contributed by atoms with Gasteiger partial charge in [0.1, 0.15) is 0 Å². The number of aromatic nitrogens is 2. The van der Waals surface area contributed by atoms with Crippen LogP contribution in [0.4, 0.5) is 0 Å². The molecule has 0 fully saturated rings. The molecule has 6 aromatic carbocycles. The number of para-hydroxylation sites is 2. The summed E-state index contributed by atoms with van der Waals surface area (Å²) in [7, 11) is 0. The molecule has 2 nitrogen and oxygen atoms in total. The first-order chi connectivity index (χ1) is 21.1. The number of hydrogen-bond acceptors (Lipinski definition) is 0. The molecule has 8 aromatic rings. The fourth-order valence-corrected chi connectivity index (χ4v) is 7.41. The van der Waals surface area contributed by atoms with Crippen LogP contribution in [0.25, 0.3) is 66.3 Å². The molecule has 2 aromatic heterocycles. The molecule has 0 saturated heterocycles. The van der Waals surface area contributed by atoms with E-state index in [1.54, 1.807) is 0 Å². The molecule has 1 aliphatic rings. The maximum atomic E-state index is 2.39. The summed E-state index contributed by atoms with van der Waals surface area (Å²) >= 11 is 0. The van der Waals surface area contributed by atoms with Crippen LogP contribution >= 0.6 is 0 Å². The summed E-state index contributed by atoms with van der Waals surface area (Å²) in [5, 5.41) is 3.79. The Morgan fingerprint density at radius 1 is 0.465 bits per heavy atom. The molecule has 0 atom stereocenters. The first kappa shape index (κ1) is 24.3. The van der Waals surface area contributed by atoms with Crippen molar-refractivity contribution >= 4 is 32.7 Å². The van der Waals surface area contributed by atoms with Gasteiger partial charge in [0.05, 0.1) is 16.6 Å². The second-order valence-electron chi connectivity index (χ2n) is 12.3. The lowest BCUT2D eigenvalue weighted by Gasteiger charge is -2.21. The van der Waals surface area contributed by atoms with E-state index >= 15 is 0 Å². The third-order valence-electron chi connectivity index (χ3n) is 9.56. The number of fused-ring (bicyclic) bond motifs is 7. The van der Waals surface area contributed by atoms with Gasteiger partial charge in [-0.05, 0) is 88.0 Å². The van der Waals surface area contributed by atoms with Gasteiger partial charge in [-0.25, -0.2) is 0 Å². The van der Waals surface area contributed by atoms with Gasteiger partial charge in [0.2, 0.25) is 0 Å². The van der Waals surface area contributed by atoms with E-state index in [2.05, 4.69) is 169 Å². The Hall–Kier alpha value is -5.34. The van der Waals surface area contributed by atoms with Crippen LogP contribution in [0.5, 0.6) is 0 Å². The molecule has 0 amide bonds. The SMILES string of the molecule is CC1(C)c2ccccc2-c2cc(-n3ccc4cc(-c5ccc6c7ccccc7n(-c7ccccc7)c6c5)ccc43)ccc21. The molecule has 0 spiro atoms. The van der Waals surface area contributed by atoms with Gasteiger partial charge in [-0.15, -0.1) is 0 Å². The zero-order valence-electron chi connectivity index (χ0n) is 24.3. The van der Waals surface area contributed by atoms with Crippen LogP contribution < -0.4 is 0 Å². The monoisotopic (exact) mass is 550 g/mol. The molecule has 2 heterocycles. The van der Waals surface area contributed by atoms with E-state index in [-0.39, 0.29) is 5.41 Å². The normalized spacial score (nSPS) is 13.5. The first-order valence-electron chi connectivity index (χ1n) is 15.0. The topological polar surface area (TPSA) is 9.86 Å². The van der Waals surface area contributed by atoms with Gasteiger partial charge in [0.15, 0.2) is 0 Å². The average Bonchev–Trinajstić information content (AvgIpc) is 3.69. The molecule has 43 heavy (non-hydrogen) atoms. The lowest BCUT2D eigenvalue weighted by Crippen LogP contribution is -2.14. The third kappa shape index (κ3) is 3.47. The summed E-state index contributed by atoms with van der Waals surface area (Å²) in [6.45, 7) is 4.67. The Morgan fingerprint density at radius 3 is 2.09 bits per heavy atom. The van der Waals surface area contributed by atoms with Crippen LogP contribution in [0.15, 0.2) is 146 Å². The van der Waals surface area contributed by atoms with Crippen LogP contribution in [0, 0.1) is 0 Å². The summed E-state index contributed by atoms with van der Waals surface area (Å²) in [6, 6.07) is 51.2. The smallest absolute Gasteiger partial charge is 0.0547 e. The highest BCUT2D eigenvalue weighted by Crippen LogP contribution is 2.49. The Morgan fingerprint density at radius 2 is 1.19 bits per heavy atom. The average molecular weight is 551 g/mol. The molecule has 0 N–H and O–H groups in total. The highest BCUT2D eigenvalue weighted by molar-refractivity contribution is 6.10. The van der Waals surface area contributed by atoms with Crippen LogP contribution in [-0.4, -0.2) is 9.13 Å². The number of rotatable bonds is 3. The Labute approximate surface area is 251 Å². The minimum Gasteiger partial charge on any atom is -0.317 e. The Kier molecular flexibility index (Phi) is 4.99. The zero-order chi connectivity index (χ0) is 28.7. The van der Waals surface area contributed by atoms with E-state index < -0.39 is 0 Å². The molecule has 0 radical (unpaired) electrons. The highest BCUT2D eigenvalue weighted by atomic mass is 15.0. The van der Waals surface area contributed by atoms with Crippen molar-refractivity contribution in [1.82, 2.24) is 9.13 Å². The van der Waals surface area contributed by atoms with E-state index in [4.69, 9.17) is 0 Å². The van der Waals surface area contributed by atoms with Gasteiger partial charge >= 0.3 is 0 Å². The van der Waals surface area contributed by atoms with Gasteiger partial charge in [0.25, 0.3) is 0 Å². The van der Waals surface area contributed by atoms with Crippen molar-refractivity contribution in [3.05, 3.63) is 157 Å². The fraction of sp³-hybridized carbons (Fsp3) is 0.0732. The van der Waals surface area contributed by atoms with Crippen molar-refractivity contribution in [1.29, 1.82) is 0 Å². The van der Waals surface area contributed by atoms with Gasteiger partial charge in [-0.2, -0.15) is 0 Å². The summed E-state index contributed by atoms with van der Waals surface area (Å²) in [6.07, 6.45) is 2.21. The zero-order valence-corrected chi connectivity index (χ0v) is 24.3. The van der Waals surface area contributed by atoms with Crippen molar-refractivity contribution < 1.29 is 0 Å². The van der Waals surface area contributed by atoms with Crippen LogP contribution in [0.2, 0.25) is 0 Å². The van der Waals surface area contributed by atoms with Crippen LogP contribution in [-0.2, 0) is 5.41 Å². The maximum absolute atomic E-state index is 2.39. The van der Waals surface area contributed by atoms with E-state index in [0.717, 1.165) is 0 Å². The highest BCUT2D eigenvalue weighted by Gasteiger charge is 2.35. The quantitative estimate of drug-likeness (QED) is 0.207. The lowest BCUT2D eigenvalue weighted by molar-refractivity contribution is 0.660.